The molecule has 10 heteroatoms. The molecule has 0 unspecified atom stereocenters. The van der Waals surface area contributed by atoms with Crippen LogP contribution in [0.5, 0.6) is 0 Å². The second-order valence-electron chi connectivity index (χ2n) is 15.0. The molecule has 4 aromatic carbocycles. The summed E-state index contributed by atoms with van der Waals surface area (Å²) in [5.41, 5.74) is 3.70. The van der Waals surface area contributed by atoms with Gasteiger partial charge in [0.2, 0.25) is 0 Å². The van der Waals surface area contributed by atoms with Gasteiger partial charge in [-0.15, -0.1) is 0 Å². The van der Waals surface area contributed by atoms with E-state index in [1.165, 1.54) is 0 Å². The summed E-state index contributed by atoms with van der Waals surface area (Å²) in [5.74, 6) is 1.58. The maximum atomic E-state index is 6.59. The van der Waals surface area contributed by atoms with E-state index in [4.69, 9.17) is 38.0 Å². The first-order chi connectivity index (χ1) is 23.2. The number of aromatic nitrogens is 3. The molecule has 8 rings (SSSR count). The van der Waals surface area contributed by atoms with Crippen molar-refractivity contribution in [1.29, 1.82) is 0 Å². The van der Waals surface area contributed by atoms with Crippen molar-refractivity contribution in [3.8, 4) is 34.2 Å². The number of furan rings is 1. The van der Waals surface area contributed by atoms with Crippen molar-refractivity contribution in [2.24, 2.45) is 0 Å². The molecule has 8 nitrogen and oxygen atoms in total. The molecule has 0 radical (unpaired) electrons. The summed E-state index contributed by atoms with van der Waals surface area (Å²) in [7, 11) is -1.23. The number of rotatable bonds is 5. The van der Waals surface area contributed by atoms with Crippen LogP contribution in [0.3, 0.4) is 0 Å². The molecule has 2 saturated heterocycles. The lowest BCUT2D eigenvalue weighted by molar-refractivity contribution is 0.00578. The van der Waals surface area contributed by atoms with Crippen LogP contribution in [0, 0.1) is 0 Å². The summed E-state index contributed by atoms with van der Waals surface area (Å²) >= 11 is 0. The van der Waals surface area contributed by atoms with Crippen LogP contribution in [0.25, 0.3) is 56.1 Å². The van der Waals surface area contributed by atoms with Gasteiger partial charge in [0.25, 0.3) is 0 Å². The normalized spacial score (nSPS) is 19.3. The van der Waals surface area contributed by atoms with Gasteiger partial charge in [0.05, 0.1) is 22.4 Å². The fraction of sp³-hybridized carbons (Fsp3) is 0.308. The van der Waals surface area contributed by atoms with Crippen LogP contribution in [0.4, 0.5) is 0 Å². The Bertz CT molecular complexity index is 2200. The topological polar surface area (TPSA) is 88.7 Å². The summed E-state index contributed by atoms with van der Waals surface area (Å²) in [6.07, 6.45) is 0. The van der Waals surface area contributed by atoms with E-state index in [2.05, 4.69) is 67.5 Å². The molecule has 2 aliphatic heterocycles. The van der Waals surface area contributed by atoms with Gasteiger partial charge in [-0.25, -0.2) is 15.0 Å². The fourth-order valence-electron chi connectivity index (χ4n) is 6.28. The van der Waals surface area contributed by atoms with E-state index >= 15 is 0 Å². The predicted molar refractivity (Wildman–Crippen MR) is 195 cm³/mol. The molecule has 4 heterocycles. The predicted octanol–water partition coefficient (Wildman–Crippen LogP) is 7.37. The minimum atomic E-state index is -0.651. The Morgan fingerprint density at radius 1 is 0.469 bits per heavy atom. The van der Waals surface area contributed by atoms with E-state index < -0.39 is 36.6 Å². The van der Waals surface area contributed by atoms with Crippen molar-refractivity contribution in [2.75, 3.05) is 0 Å². The standard InChI is InChI=1S/C39H39B2N3O5/c1-36(2)37(3,4)47-40(46-36)26-19-20-30(41-48-38(5,6)39(7,8)49-41)29(23-26)35-43-33(24-14-10-9-11-15-24)42-34(44-35)25-18-21-32-28(22-25)27-16-12-13-17-31(27)45-32/h9-23H,1-8H3. The lowest BCUT2D eigenvalue weighted by Gasteiger charge is -2.32. The van der Waals surface area contributed by atoms with E-state index in [0.29, 0.717) is 17.5 Å². The summed E-state index contributed by atoms with van der Waals surface area (Å²) in [6.45, 7) is 16.4. The van der Waals surface area contributed by atoms with Crippen molar-refractivity contribution < 1.29 is 23.0 Å². The van der Waals surface area contributed by atoms with Gasteiger partial charge < -0.3 is 23.0 Å². The van der Waals surface area contributed by atoms with Gasteiger partial charge in [0, 0.05) is 27.5 Å². The Balaban J connectivity index is 1.33. The zero-order valence-corrected chi connectivity index (χ0v) is 29.2. The lowest BCUT2D eigenvalue weighted by atomic mass is 9.71. The Morgan fingerprint density at radius 3 is 1.69 bits per heavy atom. The number of para-hydroxylation sites is 1. The number of hydrogen-bond donors (Lipinski definition) is 0. The maximum absolute atomic E-state index is 6.59. The monoisotopic (exact) mass is 651 g/mol. The smallest absolute Gasteiger partial charge is 0.456 e. The highest BCUT2D eigenvalue weighted by atomic mass is 16.7. The van der Waals surface area contributed by atoms with Crippen LogP contribution in [-0.4, -0.2) is 51.6 Å². The second kappa shape index (κ2) is 11.1. The van der Waals surface area contributed by atoms with E-state index in [9.17, 15) is 0 Å². The van der Waals surface area contributed by atoms with Crippen molar-refractivity contribution >= 4 is 47.1 Å². The molecule has 0 atom stereocenters. The van der Waals surface area contributed by atoms with E-state index in [1.54, 1.807) is 0 Å². The fourth-order valence-corrected chi connectivity index (χ4v) is 6.28. The molecule has 0 bridgehead atoms. The van der Waals surface area contributed by atoms with Gasteiger partial charge in [0.1, 0.15) is 11.2 Å². The van der Waals surface area contributed by atoms with Crippen LogP contribution in [0.15, 0.2) is 95.4 Å². The third-order valence-electron chi connectivity index (χ3n) is 10.7. The first-order valence-corrected chi connectivity index (χ1v) is 16.8. The van der Waals surface area contributed by atoms with Crippen LogP contribution in [0.1, 0.15) is 55.4 Å². The molecular formula is C39H39B2N3O5. The van der Waals surface area contributed by atoms with E-state index in [1.807, 2.05) is 78.9 Å². The van der Waals surface area contributed by atoms with Crippen molar-refractivity contribution in [3.63, 3.8) is 0 Å². The Hall–Kier alpha value is -4.34. The summed E-state index contributed by atoms with van der Waals surface area (Å²) in [4.78, 5) is 15.3. The average Bonchev–Trinajstić information content (AvgIpc) is 3.63. The zero-order chi connectivity index (χ0) is 34.3. The first-order valence-electron chi connectivity index (χ1n) is 16.8. The Kier molecular flexibility index (Phi) is 7.22. The highest BCUT2D eigenvalue weighted by Gasteiger charge is 2.54. The third-order valence-corrected chi connectivity index (χ3v) is 10.7. The molecule has 0 amide bonds. The van der Waals surface area contributed by atoms with Crippen molar-refractivity contribution in [2.45, 2.75) is 77.8 Å². The number of benzene rings is 4. The molecule has 49 heavy (non-hydrogen) atoms. The van der Waals surface area contributed by atoms with Gasteiger partial charge in [0.15, 0.2) is 17.5 Å². The largest absolute Gasteiger partial charge is 0.495 e. The lowest BCUT2D eigenvalue weighted by Crippen LogP contribution is -2.41. The van der Waals surface area contributed by atoms with Crippen LogP contribution in [-0.2, 0) is 18.6 Å². The number of fused-ring (bicyclic) bond motifs is 3. The van der Waals surface area contributed by atoms with Gasteiger partial charge >= 0.3 is 14.2 Å². The van der Waals surface area contributed by atoms with Crippen LogP contribution >= 0.6 is 0 Å². The van der Waals surface area contributed by atoms with Gasteiger partial charge in [-0.3, -0.25) is 0 Å². The zero-order valence-electron chi connectivity index (χ0n) is 29.2. The molecular weight excluding hydrogens is 612 g/mol. The number of nitrogens with zero attached hydrogens (tertiary/aromatic N) is 3. The first kappa shape index (κ1) is 31.9. The van der Waals surface area contributed by atoms with Crippen molar-refractivity contribution in [3.05, 3.63) is 91.0 Å². The molecule has 0 spiro atoms. The SMILES string of the molecule is CC1(C)OB(c2ccc(B3OC(C)(C)C(C)(C)O3)c(-c3nc(-c4ccccc4)nc(-c4ccc5oc6ccccc6c5c4)n3)c2)OC1(C)C. The molecule has 2 aromatic heterocycles. The molecule has 2 fully saturated rings. The molecule has 0 aliphatic carbocycles. The second-order valence-corrected chi connectivity index (χ2v) is 15.0. The minimum Gasteiger partial charge on any atom is -0.456 e. The van der Waals surface area contributed by atoms with Crippen LogP contribution < -0.4 is 10.9 Å². The average molecular weight is 651 g/mol. The Morgan fingerprint density at radius 2 is 1.02 bits per heavy atom. The number of hydrogen-bond acceptors (Lipinski definition) is 8. The van der Waals surface area contributed by atoms with Gasteiger partial charge in [-0.2, -0.15) is 0 Å². The quantitative estimate of drug-likeness (QED) is 0.179. The molecule has 0 saturated carbocycles. The van der Waals surface area contributed by atoms with Gasteiger partial charge in [-0.05, 0) is 90.6 Å². The summed E-state index contributed by atoms with van der Waals surface area (Å²) in [6, 6.07) is 30.1. The highest BCUT2D eigenvalue weighted by molar-refractivity contribution is 6.65. The van der Waals surface area contributed by atoms with Gasteiger partial charge in [-0.1, -0.05) is 66.7 Å². The van der Waals surface area contributed by atoms with E-state index in [-0.39, 0.29) is 0 Å². The minimum absolute atomic E-state index is 0.490. The van der Waals surface area contributed by atoms with Crippen molar-refractivity contribution in [1.82, 2.24) is 15.0 Å². The molecule has 6 aromatic rings. The molecule has 0 N–H and O–H groups in total. The maximum Gasteiger partial charge on any atom is 0.495 e. The highest BCUT2D eigenvalue weighted by Crippen LogP contribution is 2.39. The molecule has 2 aliphatic rings. The third kappa shape index (κ3) is 5.38. The summed E-state index contributed by atoms with van der Waals surface area (Å²) < 4.78 is 32.3. The van der Waals surface area contributed by atoms with Crippen LogP contribution in [0.2, 0.25) is 0 Å². The Labute approximate surface area is 287 Å². The van der Waals surface area contributed by atoms with E-state index in [0.717, 1.165) is 49.6 Å². The summed E-state index contributed by atoms with van der Waals surface area (Å²) in [5, 5.41) is 2.03. The molecule has 246 valence electrons.